The minimum atomic E-state index is 0.270. The molecule has 1 heterocycles. The lowest BCUT2D eigenvalue weighted by Crippen LogP contribution is -2.01. The summed E-state index contributed by atoms with van der Waals surface area (Å²) < 4.78 is 3.84. The van der Waals surface area contributed by atoms with Gasteiger partial charge in [-0.25, -0.2) is 0 Å². The largest absolute Gasteiger partial charge is 0.396 e. The number of unbranched alkanes of at least 4 members (excludes halogenated alkanes) is 2. The van der Waals surface area contributed by atoms with Crippen LogP contribution in [0.3, 0.4) is 0 Å². The molecule has 0 aromatic carbocycles. The summed E-state index contributed by atoms with van der Waals surface area (Å²) in [4.78, 5) is 3.95. The molecule has 1 rings (SSSR count). The summed E-state index contributed by atoms with van der Waals surface area (Å²) in [6.07, 6.45) is 2.91. The number of aliphatic hydroxyl groups is 1. The van der Waals surface area contributed by atoms with E-state index >= 15 is 0 Å². The maximum Gasteiger partial charge on any atom is 0.233 e. The van der Waals surface area contributed by atoms with Gasteiger partial charge in [0.25, 0.3) is 0 Å². The Morgan fingerprint density at radius 2 is 2.23 bits per heavy atom. The number of nitrogens with zero attached hydrogens (tertiary/aromatic N) is 2. The molecule has 0 atom stereocenters. The first-order valence-corrected chi connectivity index (χ1v) is 5.04. The van der Waals surface area contributed by atoms with Crippen LogP contribution in [0.15, 0.2) is 0 Å². The molecule has 0 fully saturated rings. The normalized spacial score (nSPS) is 10.2. The third kappa shape index (κ3) is 4.05. The highest BCUT2D eigenvalue weighted by molar-refractivity contribution is 7.09. The van der Waals surface area contributed by atoms with E-state index in [1.807, 2.05) is 0 Å². The minimum Gasteiger partial charge on any atom is -0.396 e. The number of aliphatic hydroxyl groups excluding tert-OH is 1. The van der Waals surface area contributed by atoms with Crippen LogP contribution in [0.25, 0.3) is 0 Å². The number of anilines is 2. The van der Waals surface area contributed by atoms with E-state index in [-0.39, 0.29) is 6.61 Å². The van der Waals surface area contributed by atoms with Crippen molar-refractivity contribution >= 4 is 22.6 Å². The number of hydrogen-bond donors (Lipinski definition) is 3. The molecule has 0 spiro atoms. The molecule has 5 nitrogen and oxygen atoms in total. The summed E-state index contributed by atoms with van der Waals surface area (Å²) in [7, 11) is 0. The second-order valence-corrected chi connectivity index (χ2v) is 3.42. The molecule has 0 radical (unpaired) electrons. The fourth-order valence-electron chi connectivity index (χ4n) is 0.916. The minimum absolute atomic E-state index is 0.270. The third-order valence-corrected chi connectivity index (χ3v) is 2.24. The van der Waals surface area contributed by atoms with Gasteiger partial charge in [-0.3, -0.25) is 0 Å². The van der Waals surface area contributed by atoms with Gasteiger partial charge in [0, 0.05) is 24.7 Å². The molecular weight excluding hydrogens is 188 g/mol. The lowest BCUT2D eigenvalue weighted by Gasteiger charge is -1.99. The Kier molecular flexibility index (Phi) is 4.48. The number of hydrogen-bond acceptors (Lipinski definition) is 6. The van der Waals surface area contributed by atoms with E-state index in [2.05, 4.69) is 14.7 Å². The average molecular weight is 202 g/mol. The Bertz CT molecular complexity index is 240. The molecule has 0 aliphatic carbocycles. The van der Waals surface area contributed by atoms with Crippen molar-refractivity contribution in [3.63, 3.8) is 0 Å². The number of nitrogen functional groups attached to an aromatic ring is 1. The lowest BCUT2D eigenvalue weighted by molar-refractivity contribution is 0.283. The monoisotopic (exact) mass is 202 g/mol. The Labute approximate surface area is 81.2 Å². The van der Waals surface area contributed by atoms with Gasteiger partial charge in [-0.1, -0.05) is 0 Å². The van der Waals surface area contributed by atoms with Gasteiger partial charge in [0.2, 0.25) is 11.1 Å². The highest BCUT2D eigenvalue weighted by Gasteiger charge is 1.97. The van der Waals surface area contributed by atoms with Crippen molar-refractivity contribution < 1.29 is 5.11 Å². The van der Waals surface area contributed by atoms with Crippen molar-refractivity contribution in [2.24, 2.45) is 0 Å². The Morgan fingerprint density at radius 3 is 2.85 bits per heavy atom. The molecule has 0 unspecified atom stereocenters. The molecule has 1 aromatic heterocycles. The van der Waals surface area contributed by atoms with Gasteiger partial charge < -0.3 is 16.2 Å². The van der Waals surface area contributed by atoms with Gasteiger partial charge >= 0.3 is 0 Å². The number of nitrogens with one attached hydrogen (secondary N) is 1. The molecule has 13 heavy (non-hydrogen) atoms. The van der Waals surface area contributed by atoms with Crippen molar-refractivity contribution in [3.05, 3.63) is 0 Å². The van der Waals surface area contributed by atoms with E-state index in [0.29, 0.717) is 5.95 Å². The van der Waals surface area contributed by atoms with Gasteiger partial charge in [0.1, 0.15) is 0 Å². The summed E-state index contributed by atoms with van der Waals surface area (Å²) in [5, 5.41) is 12.4. The first kappa shape index (κ1) is 10.2. The van der Waals surface area contributed by atoms with Crippen LogP contribution in [0.1, 0.15) is 19.3 Å². The van der Waals surface area contributed by atoms with Gasteiger partial charge in [0.05, 0.1) is 0 Å². The topological polar surface area (TPSA) is 84.1 Å². The highest BCUT2D eigenvalue weighted by Crippen LogP contribution is 2.11. The van der Waals surface area contributed by atoms with Gasteiger partial charge in [-0.15, -0.1) is 0 Å². The first-order valence-electron chi connectivity index (χ1n) is 4.27. The van der Waals surface area contributed by atoms with Crippen molar-refractivity contribution in [3.8, 4) is 0 Å². The van der Waals surface area contributed by atoms with Crippen LogP contribution in [0.5, 0.6) is 0 Å². The molecule has 0 bridgehead atoms. The Morgan fingerprint density at radius 1 is 1.38 bits per heavy atom. The number of rotatable bonds is 6. The van der Waals surface area contributed by atoms with Crippen molar-refractivity contribution in [2.45, 2.75) is 19.3 Å². The zero-order valence-electron chi connectivity index (χ0n) is 7.36. The summed E-state index contributed by atoms with van der Waals surface area (Å²) >= 11 is 1.27. The van der Waals surface area contributed by atoms with E-state index in [0.717, 1.165) is 30.9 Å². The molecular formula is C7H14N4OS. The standard InChI is InChI=1S/C7H14N4OS/c8-6-10-7(13-11-6)9-4-2-1-3-5-12/h12H,1-5H2,(H3,8,9,10,11). The molecule has 6 heteroatoms. The van der Waals surface area contributed by atoms with E-state index in [9.17, 15) is 0 Å². The summed E-state index contributed by atoms with van der Waals surface area (Å²) in [6, 6.07) is 0. The molecule has 0 aliphatic heterocycles. The summed E-state index contributed by atoms with van der Waals surface area (Å²) in [6.45, 7) is 1.13. The van der Waals surface area contributed by atoms with E-state index < -0.39 is 0 Å². The molecule has 0 saturated heterocycles. The fraction of sp³-hybridized carbons (Fsp3) is 0.714. The van der Waals surface area contributed by atoms with Crippen molar-refractivity contribution in [1.82, 2.24) is 9.36 Å². The van der Waals surface area contributed by atoms with Crippen molar-refractivity contribution in [2.75, 3.05) is 24.2 Å². The zero-order chi connectivity index (χ0) is 9.52. The second-order valence-electron chi connectivity index (χ2n) is 2.67. The van der Waals surface area contributed by atoms with Crippen LogP contribution >= 0.6 is 11.5 Å². The number of aromatic nitrogens is 2. The van der Waals surface area contributed by atoms with Crippen LogP contribution in [-0.2, 0) is 0 Å². The van der Waals surface area contributed by atoms with Crippen LogP contribution in [0.2, 0.25) is 0 Å². The molecule has 0 aliphatic rings. The number of nitrogens with two attached hydrogens (primary N) is 1. The molecule has 1 aromatic rings. The van der Waals surface area contributed by atoms with Crippen LogP contribution < -0.4 is 11.1 Å². The van der Waals surface area contributed by atoms with Crippen LogP contribution in [0.4, 0.5) is 11.1 Å². The molecule has 0 saturated carbocycles. The quantitative estimate of drug-likeness (QED) is 0.591. The van der Waals surface area contributed by atoms with Gasteiger partial charge in [-0.05, 0) is 19.3 Å². The van der Waals surface area contributed by atoms with Crippen molar-refractivity contribution in [1.29, 1.82) is 0 Å². The van der Waals surface area contributed by atoms with E-state index in [4.69, 9.17) is 10.8 Å². The smallest absolute Gasteiger partial charge is 0.233 e. The van der Waals surface area contributed by atoms with Crippen LogP contribution in [0, 0.1) is 0 Å². The summed E-state index contributed by atoms with van der Waals surface area (Å²) in [5.74, 6) is 0.322. The maximum atomic E-state index is 8.53. The van der Waals surface area contributed by atoms with Gasteiger partial charge in [0.15, 0.2) is 0 Å². The van der Waals surface area contributed by atoms with Crippen LogP contribution in [-0.4, -0.2) is 27.6 Å². The van der Waals surface area contributed by atoms with Gasteiger partial charge in [-0.2, -0.15) is 9.36 Å². The Balaban J connectivity index is 2.06. The average Bonchev–Trinajstić information content (AvgIpc) is 2.51. The highest BCUT2D eigenvalue weighted by atomic mass is 32.1. The maximum absolute atomic E-state index is 8.53. The SMILES string of the molecule is Nc1nsc(NCCCCCO)n1. The summed E-state index contributed by atoms with van der Waals surface area (Å²) in [5.41, 5.74) is 5.35. The second kappa shape index (κ2) is 5.71. The lowest BCUT2D eigenvalue weighted by atomic mass is 10.2. The Hall–Kier alpha value is -0.880. The zero-order valence-corrected chi connectivity index (χ0v) is 8.18. The first-order chi connectivity index (χ1) is 6.33. The fourth-order valence-corrected chi connectivity index (χ4v) is 1.44. The predicted octanol–water partition coefficient (Wildman–Crippen LogP) is 0.695. The predicted molar refractivity (Wildman–Crippen MR) is 53.7 cm³/mol. The molecule has 0 amide bonds. The van der Waals surface area contributed by atoms with E-state index in [1.165, 1.54) is 11.5 Å². The molecule has 74 valence electrons. The third-order valence-electron chi connectivity index (χ3n) is 1.55. The van der Waals surface area contributed by atoms with E-state index in [1.54, 1.807) is 0 Å². The molecule has 4 N–H and O–H groups in total.